The SMILES string of the molecule is CC1CCNCC1CNC(=O)C1CCC1. The molecule has 0 aromatic heterocycles. The zero-order valence-corrected chi connectivity index (χ0v) is 9.59. The highest BCUT2D eigenvalue weighted by Gasteiger charge is 2.27. The largest absolute Gasteiger partial charge is 0.356 e. The van der Waals surface area contributed by atoms with Crippen LogP contribution in [0, 0.1) is 17.8 Å². The average molecular weight is 210 g/mol. The summed E-state index contributed by atoms with van der Waals surface area (Å²) in [6, 6.07) is 0. The predicted octanol–water partition coefficient (Wildman–Crippen LogP) is 1.15. The molecule has 1 aliphatic heterocycles. The molecule has 1 saturated heterocycles. The molecule has 2 fully saturated rings. The predicted molar refractivity (Wildman–Crippen MR) is 60.5 cm³/mol. The molecular weight excluding hydrogens is 188 g/mol. The molecule has 0 aromatic carbocycles. The number of rotatable bonds is 3. The van der Waals surface area contributed by atoms with Crippen molar-refractivity contribution in [2.24, 2.45) is 17.8 Å². The van der Waals surface area contributed by atoms with Crippen molar-refractivity contribution < 1.29 is 4.79 Å². The summed E-state index contributed by atoms with van der Waals surface area (Å²) in [6.07, 6.45) is 4.68. The topological polar surface area (TPSA) is 41.1 Å². The van der Waals surface area contributed by atoms with Crippen molar-refractivity contribution >= 4 is 5.91 Å². The molecule has 2 N–H and O–H groups in total. The number of nitrogens with one attached hydrogen (secondary N) is 2. The van der Waals surface area contributed by atoms with E-state index in [9.17, 15) is 4.79 Å². The van der Waals surface area contributed by atoms with Gasteiger partial charge < -0.3 is 10.6 Å². The van der Waals surface area contributed by atoms with Crippen LogP contribution in [0.4, 0.5) is 0 Å². The zero-order chi connectivity index (χ0) is 10.7. The second-order valence-corrected chi connectivity index (χ2v) is 5.10. The number of carbonyl (C=O) groups is 1. The fourth-order valence-electron chi connectivity index (χ4n) is 2.37. The van der Waals surface area contributed by atoms with Crippen LogP contribution in [-0.2, 0) is 4.79 Å². The summed E-state index contributed by atoms with van der Waals surface area (Å²) < 4.78 is 0. The molecule has 1 aliphatic carbocycles. The first-order valence-corrected chi connectivity index (χ1v) is 6.26. The first-order chi connectivity index (χ1) is 7.27. The first-order valence-electron chi connectivity index (χ1n) is 6.26. The van der Waals surface area contributed by atoms with Crippen molar-refractivity contribution in [3.63, 3.8) is 0 Å². The number of hydrogen-bond acceptors (Lipinski definition) is 2. The van der Waals surface area contributed by atoms with Gasteiger partial charge in [0.1, 0.15) is 0 Å². The zero-order valence-electron chi connectivity index (χ0n) is 9.59. The highest BCUT2D eigenvalue weighted by Crippen LogP contribution is 2.26. The Balaban J connectivity index is 1.69. The van der Waals surface area contributed by atoms with Gasteiger partial charge in [-0.2, -0.15) is 0 Å². The van der Waals surface area contributed by atoms with E-state index in [1.54, 1.807) is 0 Å². The highest BCUT2D eigenvalue weighted by molar-refractivity contribution is 5.79. The third-order valence-electron chi connectivity index (χ3n) is 4.00. The number of hydrogen-bond donors (Lipinski definition) is 2. The third-order valence-corrected chi connectivity index (χ3v) is 4.00. The average Bonchev–Trinajstić information content (AvgIpc) is 2.14. The summed E-state index contributed by atoms with van der Waals surface area (Å²) in [6.45, 7) is 5.35. The van der Waals surface area contributed by atoms with Gasteiger partial charge in [-0.3, -0.25) is 4.79 Å². The molecule has 2 rings (SSSR count). The minimum absolute atomic E-state index is 0.291. The molecule has 1 heterocycles. The van der Waals surface area contributed by atoms with Crippen LogP contribution in [0.5, 0.6) is 0 Å². The van der Waals surface area contributed by atoms with Crippen molar-refractivity contribution in [1.82, 2.24) is 10.6 Å². The van der Waals surface area contributed by atoms with Gasteiger partial charge in [0.15, 0.2) is 0 Å². The maximum Gasteiger partial charge on any atom is 0.223 e. The molecule has 3 heteroatoms. The van der Waals surface area contributed by atoms with Crippen LogP contribution in [0.15, 0.2) is 0 Å². The van der Waals surface area contributed by atoms with E-state index in [0.29, 0.717) is 17.7 Å². The fraction of sp³-hybridized carbons (Fsp3) is 0.917. The van der Waals surface area contributed by atoms with E-state index in [1.165, 1.54) is 12.8 Å². The summed E-state index contributed by atoms with van der Waals surface area (Å²) in [5.74, 6) is 1.99. The lowest BCUT2D eigenvalue weighted by atomic mass is 9.84. The maximum absolute atomic E-state index is 11.6. The lowest BCUT2D eigenvalue weighted by molar-refractivity contribution is -0.127. The summed E-state index contributed by atoms with van der Waals surface area (Å²) in [4.78, 5) is 11.6. The standard InChI is InChI=1S/C12H22N2O/c1-9-5-6-13-7-11(9)8-14-12(15)10-3-2-4-10/h9-11,13H,2-8H2,1H3,(H,14,15). The molecule has 0 aromatic rings. The number of piperidine rings is 1. The van der Waals surface area contributed by atoms with Gasteiger partial charge in [0.2, 0.25) is 5.91 Å². The molecule has 3 nitrogen and oxygen atoms in total. The van der Waals surface area contributed by atoms with Gasteiger partial charge in [-0.15, -0.1) is 0 Å². The molecule has 0 bridgehead atoms. The van der Waals surface area contributed by atoms with Crippen molar-refractivity contribution in [3.8, 4) is 0 Å². The molecule has 2 atom stereocenters. The van der Waals surface area contributed by atoms with Gasteiger partial charge in [0.25, 0.3) is 0 Å². The molecule has 2 unspecified atom stereocenters. The monoisotopic (exact) mass is 210 g/mol. The molecule has 0 spiro atoms. The molecule has 1 amide bonds. The third kappa shape index (κ3) is 2.71. The van der Waals surface area contributed by atoms with E-state index in [0.717, 1.165) is 38.4 Å². The van der Waals surface area contributed by atoms with E-state index >= 15 is 0 Å². The van der Waals surface area contributed by atoms with Crippen LogP contribution in [0.3, 0.4) is 0 Å². The normalized spacial score (nSPS) is 32.1. The minimum atomic E-state index is 0.291. The second kappa shape index (κ2) is 4.97. The van der Waals surface area contributed by atoms with Crippen molar-refractivity contribution in [2.75, 3.05) is 19.6 Å². The minimum Gasteiger partial charge on any atom is -0.356 e. The molecule has 1 saturated carbocycles. The van der Waals surface area contributed by atoms with E-state index in [1.807, 2.05) is 0 Å². The molecule has 0 radical (unpaired) electrons. The Hall–Kier alpha value is -0.570. The van der Waals surface area contributed by atoms with Crippen molar-refractivity contribution in [3.05, 3.63) is 0 Å². The van der Waals surface area contributed by atoms with Crippen LogP contribution >= 0.6 is 0 Å². The number of carbonyl (C=O) groups excluding carboxylic acids is 1. The van der Waals surface area contributed by atoms with Gasteiger partial charge in [-0.05, 0) is 44.2 Å². The Morgan fingerprint density at radius 2 is 2.20 bits per heavy atom. The lowest BCUT2D eigenvalue weighted by Gasteiger charge is -2.31. The molecule has 86 valence electrons. The number of amides is 1. The van der Waals surface area contributed by atoms with Crippen LogP contribution in [0.2, 0.25) is 0 Å². The van der Waals surface area contributed by atoms with Crippen LogP contribution in [0.1, 0.15) is 32.6 Å². The van der Waals surface area contributed by atoms with Gasteiger partial charge in [0, 0.05) is 12.5 Å². The van der Waals surface area contributed by atoms with Gasteiger partial charge >= 0.3 is 0 Å². The van der Waals surface area contributed by atoms with Gasteiger partial charge in [-0.25, -0.2) is 0 Å². The van der Waals surface area contributed by atoms with E-state index in [-0.39, 0.29) is 0 Å². The molecule has 15 heavy (non-hydrogen) atoms. The summed E-state index contributed by atoms with van der Waals surface area (Å²) in [5.41, 5.74) is 0. The van der Waals surface area contributed by atoms with E-state index in [2.05, 4.69) is 17.6 Å². The van der Waals surface area contributed by atoms with Crippen LogP contribution < -0.4 is 10.6 Å². The Bertz CT molecular complexity index is 226. The Labute approximate surface area is 92.0 Å². The van der Waals surface area contributed by atoms with Gasteiger partial charge in [-0.1, -0.05) is 13.3 Å². The van der Waals surface area contributed by atoms with Crippen molar-refractivity contribution in [2.45, 2.75) is 32.6 Å². The fourth-order valence-corrected chi connectivity index (χ4v) is 2.37. The summed E-state index contributed by atoms with van der Waals surface area (Å²) in [7, 11) is 0. The maximum atomic E-state index is 11.6. The molecular formula is C12H22N2O. The van der Waals surface area contributed by atoms with Crippen molar-refractivity contribution in [1.29, 1.82) is 0 Å². The Morgan fingerprint density at radius 3 is 2.80 bits per heavy atom. The lowest BCUT2D eigenvalue weighted by Crippen LogP contribution is -2.44. The smallest absolute Gasteiger partial charge is 0.223 e. The van der Waals surface area contributed by atoms with E-state index < -0.39 is 0 Å². The van der Waals surface area contributed by atoms with Gasteiger partial charge in [0.05, 0.1) is 0 Å². The van der Waals surface area contributed by atoms with E-state index in [4.69, 9.17) is 0 Å². The summed E-state index contributed by atoms with van der Waals surface area (Å²) in [5, 5.41) is 6.50. The highest BCUT2D eigenvalue weighted by atomic mass is 16.1. The first kappa shape index (κ1) is 10.9. The summed E-state index contributed by atoms with van der Waals surface area (Å²) >= 11 is 0. The Morgan fingerprint density at radius 1 is 1.40 bits per heavy atom. The van der Waals surface area contributed by atoms with Crippen LogP contribution in [-0.4, -0.2) is 25.5 Å². The van der Waals surface area contributed by atoms with Crippen LogP contribution in [0.25, 0.3) is 0 Å². The molecule has 2 aliphatic rings. The quantitative estimate of drug-likeness (QED) is 0.733. The second-order valence-electron chi connectivity index (χ2n) is 5.10. The Kier molecular flexibility index (Phi) is 3.62.